The second-order valence-electron chi connectivity index (χ2n) is 7.35. The minimum absolute atomic E-state index is 0.0861. The molecule has 0 heterocycles. The molecule has 2 aromatic rings. The zero-order chi connectivity index (χ0) is 19.6. The molecule has 27 heavy (non-hydrogen) atoms. The van der Waals surface area contributed by atoms with Crippen molar-refractivity contribution in [2.45, 2.75) is 33.1 Å². The first-order valence-electron chi connectivity index (χ1n) is 9.26. The number of nitrogens with one attached hydrogen (secondary N) is 2. The van der Waals surface area contributed by atoms with Crippen LogP contribution in [0.4, 0.5) is 11.4 Å². The highest BCUT2D eigenvalue weighted by Crippen LogP contribution is 2.41. The predicted octanol–water partition coefficient (Wildman–Crippen LogP) is 4.34. The van der Waals surface area contributed by atoms with Gasteiger partial charge in [0.2, 0.25) is 11.8 Å². The van der Waals surface area contributed by atoms with E-state index in [1.54, 1.807) is 19.2 Å². The number of rotatable bonds is 6. The lowest BCUT2D eigenvalue weighted by Crippen LogP contribution is -2.21. The lowest BCUT2D eigenvalue weighted by molar-refractivity contribution is -0.122. The van der Waals surface area contributed by atoms with Crippen LogP contribution in [0.25, 0.3) is 0 Å². The van der Waals surface area contributed by atoms with E-state index in [9.17, 15) is 9.59 Å². The molecular formula is C22H26N2O3. The minimum atomic E-state index is -0.289. The van der Waals surface area contributed by atoms with Crippen LogP contribution in [0, 0.1) is 18.8 Å². The second kappa shape index (κ2) is 7.82. The third-order valence-electron chi connectivity index (χ3n) is 4.98. The van der Waals surface area contributed by atoms with E-state index in [0.717, 1.165) is 16.8 Å². The van der Waals surface area contributed by atoms with Gasteiger partial charge in [-0.1, -0.05) is 38.1 Å². The van der Waals surface area contributed by atoms with E-state index in [4.69, 9.17) is 4.74 Å². The van der Waals surface area contributed by atoms with Crippen molar-refractivity contribution in [1.29, 1.82) is 0 Å². The summed E-state index contributed by atoms with van der Waals surface area (Å²) in [6.45, 7) is 6.19. The number of ether oxygens (including phenoxy) is 1. The Labute approximate surface area is 160 Å². The van der Waals surface area contributed by atoms with Crippen LogP contribution >= 0.6 is 0 Å². The minimum Gasteiger partial charge on any atom is -0.497 e. The SMILES string of the molecule is COc1cccc(NC(=O)C2CC2C(=O)Nc2c(C)cccc2C(C)C)c1. The molecule has 2 atom stereocenters. The van der Waals surface area contributed by atoms with Crippen molar-refractivity contribution >= 4 is 23.2 Å². The third kappa shape index (κ3) is 4.30. The molecule has 5 nitrogen and oxygen atoms in total. The summed E-state index contributed by atoms with van der Waals surface area (Å²) in [5, 5.41) is 5.92. The molecule has 1 aliphatic carbocycles. The van der Waals surface area contributed by atoms with E-state index in [2.05, 4.69) is 24.5 Å². The summed E-state index contributed by atoms with van der Waals surface area (Å²) >= 11 is 0. The van der Waals surface area contributed by atoms with E-state index in [1.165, 1.54) is 0 Å². The van der Waals surface area contributed by atoms with Gasteiger partial charge in [0.15, 0.2) is 0 Å². The molecule has 142 valence electrons. The molecule has 0 aliphatic heterocycles. The summed E-state index contributed by atoms with van der Waals surface area (Å²) < 4.78 is 5.16. The molecule has 1 aliphatic rings. The molecule has 2 amide bonds. The maximum Gasteiger partial charge on any atom is 0.228 e. The molecule has 0 spiro atoms. The van der Waals surface area contributed by atoms with Crippen LogP contribution in [0.1, 0.15) is 37.3 Å². The topological polar surface area (TPSA) is 67.4 Å². The normalized spacial score (nSPS) is 18.1. The lowest BCUT2D eigenvalue weighted by atomic mass is 9.98. The van der Waals surface area contributed by atoms with Crippen molar-refractivity contribution in [3.63, 3.8) is 0 Å². The van der Waals surface area contributed by atoms with Gasteiger partial charge < -0.3 is 15.4 Å². The number of hydrogen-bond donors (Lipinski definition) is 2. The molecule has 2 unspecified atom stereocenters. The summed E-state index contributed by atoms with van der Waals surface area (Å²) in [6.07, 6.45) is 0.574. The average Bonchev–Trinajstić information content (AvgIpc) is 3.44. The van der Waals surface area contributed by atoms with Crippen LogP contribution in [0.15, 0.2) is 42.5 Å². The highest BCUT2D eigenvalue weighted by Gasteiger charge is 2.48. The number of carbonyl (C=O) groups excluding carboxylic acids is 2. The molecule has 5 heteroatoms. The van der Waals surface area contributed by atoms with E-state index >= 15 is 0 Å². The Morgan fingerprint density at radius 3 is 2.37 bits per heavy atom. The van der Waals surface area contributed by atoms with Gasteiger partial charge in [-0.25, -0.2) is 0 Å². The van der Waals surface area contributed by atoms with Crippen LogP contribution in [-0.4, -0.2) is 18.9 Å². The Balaban J connectivity index is 1.63. The molecule has 0 saturated heterocycles. The summed E-state index contributed by atoms with van der Waals surface area (Å²) in [6, 6.07) is 13.2. The first-order chi connectivity index (χ1) is 12.9. The Hall–Kier alpha value is -2.82. The van der Waals surface area contributed by atoms with Crippen molar-refractivity contribution in [1.82, 2.24) is 0 Å². The van der Waals surface area contributed by atoms with Crippen molar-refractivity contribution in [2.24, 2.45) is 11.8 Å². The fourth-order valence-corrected chi connectivity index (χ4v) is 3.27. The molecule has 3 rings (SSSR count). The van der Waals surface area contributed by atoms with Gasteiger partial charge in [0.1, 0.15) is 5.75 Å². The Kier molecular flexibility index (Phi) is 5.49. The quantitative estimate of drug-likeness (QED) is 0.799. The van der Waals surface area contributed by atoms with E-state index in [1.807, 2.05) is 37.3 Å². The number of carbonyl (C=O) groups is 2. The summed E-state index contributed by atoms with van der Waals surface area (Å²) in [4.78, 5) is 25.1. The first kappa shape index (κ1) is 19.0. The van der Waals surface area contributed by atoms with Gasteiger partial charge in [0.05, 0.1) is 18.9 Å². The standard InChI is InChI=1S/C22H26N2O3/c1-13(2)17-10-5-7-14(3)20(17)24-22(26)19-12-18(19)21(25)23-15-8-6-9-16(11-15)27-4/h5-11,13,18-19H,12H2,1-4H3,(H,23,25)(H,24,26). The number of anilines is 2. The molecule has 0 aromatic heterocycles. The van der Waals surface area contributed by atoms with Gasteiger partial charge in [-0.05, 0) is 42.5 Å². The third-order valence-corrected chi connectivity index (χ3v) is 4.98. The van der Waals surface area contributed by atoms with Crippen molar-refractivity contribution in [2.75, 3.05) is 17.7 Å². The van der Waals surface area contributed by atoms with Crippen molar-refractivity contribution in [3.05, 3.63) is 53.6 Å². The highest BCUT2D eigenvalue weighted by atomic mass is 16.5. The monoisotopic (exact) mass is 366 g/mol. The summed E-state index contributed by atoms with van der Waals surface area (Å²) in [7, 11) is 1.58. The highest BCUT2D eigenvalue weighted by molar-refractivity contribution is 6.03. The van der Waals surface area contributed by atoms with E-state index in [0.29, 0.717) is 23.8 Å². The molecule has 2 aromatic carbocycles. The zero-order valence-corrected chi connectivity index (χ0v) is 16.2. The van der Waals surface area contributed by atoms with Crippen LogP contribution in [0.5, 0.6) is 5.75 Å². The van der Waals surface area contributed by atoms with Crippen molar-refractivity contribution in [3.8, 4) is 5.75 Å². The summed E-state index contributed by atoms with van der Waals surface area (Å²) in [5.74, 6) is 0.206. The van der Waals surface area contributed by atoms with E-state index in [-0.39, 0.29) is 23.7 Å². The Morgan fingerprint density at radius 2 is 1.70 bits per heavy atom. The Bertz CT molecular complexity index is 860. The van der Waals surface area contributed by atoms with Crippen LogP contribution in [-0.2, 0) is 9.59 Å². The number of para-hydroxylation sites is 1. The molecule has 1 fully saturated rings. The van der Waals surface area contributed by atoms with Crippen molar-refractivity contribution < 1.29 is 14.3 Å². The Morgan fingerprint density at radius 1 is 1.04 bits per heavy atom. The number of hydrogen-bond acceptors (Lipinski definition) is 3. The number of methoxy groups -OCH3 is 1. The fourth-order valence-electron chi connectivity index (χ4n) is 3.27. The maximum atomic E-state index is 12.7. The van der Waals surface area contributed by atoms with Crippen LogP contribution in [0.3, 0.4) is 0 Å². The molecule has 2 N–H and O–H groups in total. The lowest BCUT2D eigenvalue weighted by Gasteiger charge is -2.16. The first-order valence-corrected chi connectivity index (χ1v) is 9.26. The van der Waals surface area contributed by atoms with Crippen LogP contribution in [0.2, 0.25) is 0 Å². The number of benzene rings is 2. The average molecular weight is 366 g/mol. The van der Waals surface area contributed by atoms with Crippen LogP contribution < -0.4 is 15.4 Å². The maximum absolute atomic E-state index is 12.7. The van der Waals surface area contributed by atoms with Gasteiger partial charge in [-0.3, -0.25) is 9.59 Å². The van der Waals surface area contributed by atoms with Gasteiger partial charge in [0.25, 0.3) is 0 Å². The van der Waals surface area contributed by atoms with Gasteiger partial charge in [-0.15, -0.1) is 0 Å². The predicted molar refractivity (Wildman–Crippen MR) is 107 cm³/mol. The molecular weight excluding hydrogens is 340 g/mol. The number of aryl methyl sites for hydroxylation is 1. The smallest absolute Gasteiger partial charge is 0.228 e. The van der Waals surface area contributed by atoms with E-state index < -0.39 is 0 Å². The summed E-state index contributed by atoms with van der Waals surface area (Å²) in [5.41, 5.74) is 3.69. The fraction of sp³-hybridized carbons (Fsp3) is 0.364. The van der Waals surface area contributed by atoms with Gasteiger partial charge in [0, 0.05) is 17.4 Å². The molecule has 0 bridgehead atoms. The molecule has 0 radical (unpaired) electrons. The second-order valence-corrected chi connectivity index (χ2v) is 7.35. The molecule has 1 saturated carbocycles. The van der Waals surface area contributed by atoms with Gasteiger partial charge >= 0.3 is 0 Å². The largest absolute Gasteiger partial charge is 0.497 e. The van der Waals surface area contributed by atoms with Gasteiger partial charge in [-0.2, -0.15) is 0 Å². The zero-order valence-electron chi connectivity index (χ0n) is 16.2. The number of amides is 2.